The molecule has 3 aromatic rings. The summed E-state index contributed by atoms with van der Waals surface area (Å²) in [5.41, 5.74) is 5.98. The van der Waals surface area contributed by atoms with Crippen molar-refractivity contribution in [2.24, 2.45) is 0 Å². The molecule has 0 aliphatic rings. The fourth-order valence-corrected chi connectivity index (χ4v) is 3.73. The first-order valence-electron chi connectivity index (χ1n) is 10.5. The Kier molecular flexibility index (Phi) is 9.62. The maximum Gasteiger partial charge on any atom is 1.00 e. The SMILES string of the molecule is Cc1ccc(-c2c(C=CC(O)CC(O)CC(=O)[O-])c(C(C)C)nc3ccccc23)cc1.[Na+]. The molecule has 3 rings (SSSR count). The van der Waals surface area contributed by atoms with Crippen molar-refractivity contribution in [3.63, 3.8) is 0 Å². The monoisotopic (exact) mass is 441 g/mol. The van der Waals surface area contributed by atoms with Crippen LogP contribution < -0.4 is 34.7 Å². The molecule has 0 aliphatic heterocycles. The van der Waals surface area contributed by atoms with Crippen LogP contribution in [-0.2, 0) is 4.79 Å². The second kappa shape index (κ2) is 11.7. The summed E-state index contributed by atoms with van der Waals surface area (Å²) in [7, 11) is 0. The van der Waals surface area contributed by atoms with Crippen LogP contribution in [0.2, 0.25) is 0 Å². The Labute approximate surface area is 211 Å². The zero-order chi connectivity index (χ0) is 22.5. The Morgan fingerprint density at radius 3 is 2.38 bits per heavy atom. The van der Waals surface area contributed by atoms with Gasteiger partial charge in [-0.1, -0.05) is 74.0 Å². The number of para-hydroxylation sites is 1. The summed E-state index contributed by atoms with van der Waals surface area (Å²) in [6, 6.07) is 16.3. The van der Waals surface area contributed by atoms with E-state index in [1.165, 1.54) is 5.56 Å². The molecule has 2 N–H and O–H groups in total. The summed E-state index contributed by atoms with van der Waals surface area (Å²) in [4.78, 5) is 15.5. The molecule has 0 radical (unpaired) electrons. The third-order valence-electron chi connectivity index (χ3n) is 5.25. The van der Waals surface area contributed by atoms with E-state index >= 15 is 0 Å². The summed E-state index contributed by atoms with van der Waals surface area (Å²) >= 11 is 0. The molecule has 0 spiro atoms. The van der Waals surface area contributed by atoms with E-state index in [2.05, 4.69) is 38.1 Å². The van der Waals surface area contributed by atoms with Gasteiger partial charge in [0.2, 0.25) is 0 Å². The number of hydrogen-bond acceptors (Lipinski definition) is 5. The van der Waals surface area contributed by atoms with Crippen LogP contribution in [0.15, 0.2) is 54.6 Å². The molecule has 162 valence electrons. The Morgan fingerprint density at radius 2 is 1.75 bits per heavy atom. The molecule has 2 aromatic carbocycles. The van der Waals surface area contributed by atoms with Gasteiger partial charge in [0.05, 0.1) is 23.4 Å². The average Bonchev–Trinajstić information content (AvgIpc) is 2.71. The molecule has 5 nitrogen and oxygen atoms in total. The van der Waals surface area contributed by atoms with Crippen LogP contribution in [0.1, 0.15) is 49.4 Å². The first kappa shape index (κ1) is 26.2. The number of aryl methyl sites for hydroxylation is 1. The number of aliphatic carboxylic acids is 1. The molecule has 0 saturated heterocycles. The number of aliphatic hydroxyl groups is 2. The number of carboxylic acids is 1. The Hall–Kier alpha value is -2.02. The van der Waals surface area contributed by atoms with Gasteiger partial charge in [0, 0.05) is 35.3 Å². The third-order valence-corrected chi connectivity index (χ3v) is 5.25. The minimum absolute atomic E-state index is 0. The number of aromatic nitrogens is 1. The molecular weight excluding hydrogens is 413 g/mol. The van der Waals surface area contributed by atoms with Crippen molar-refractivity contribution in [1.82, 2.24) is 4.98 Å². The third kappa shape index (κ3) is 6.50. The molecular formula is C26H28NNaO4. The molecule has 6 heteroatoms. The van der Waals surface area contributed by atoms with E-state index in [0.29, 0.717) is 0 Å². The molecule has 2 unspecified atom stereocenters. The maximum absolute atomic E-state index is 10.7. The predicted octanol–water partition coefficient (Wildman–Crippen LogP) is 0.603. The van der Waals surface area contributed by atoms with E-state index in [0.717, 1.165) is 33.3 Å². The number of carbonyl (C=O) groups excluding carboxylic acids is 1. The van der Waals surface area contributed by atoms with Gasteiger partial charge in [-0.15, -0.1) is 0 Å². The predicted molar refractivity (Wildman–Crippen MR) is 121 cm³/mol. The first-order valence-corrected chi connectivity index (χ1v) is 10.5. The summed E-state index contributed by atoms with van der Waals surface area (Å²) in [5, 5.41) is 31.8. The summed E-state index contributed by atoms with van der Waals surface area (Å²) in [6.45, 7) is 6.20. The Morgan fingerprint density at radius 1 is 1.09 bits per heavy atom. The quantitative estimate of drug-likeness (QED) is 0.500. The van der Waals surface area contributed by atoms with Crippen molar-refractivity contribution in [3.8, 4) is 11.1 Å². The van der Waals surface area contributed by atoms with E-state index in [1.807, 2.05) is 37.3 Å². The molecule has 2 atom stereocenters. The summed E-state index contributed by atoms with van der Waals surface area (Å²) in [5.74, 6) is -1.19. The van der Waals surface area contributed by atoms with Crippen LogP contribution in [-0.4, -0.2) is 33.4 Å². The van der Waals surface area contributed by atoms with E-state index in [9.17, 15) is 20.1 Å². The van der Waals surface area contributed by atoms with Gasteiger partial charge in [-0.2, -0.15) is 0 Å². The zero-order valence-corrected chi connectivity index (χ0v) is 21.1. The number of rotatable bonds is 8. The van der Waals surface area contributed by atoms with E-state index in [1.54, 1.807) is 6.08 Å². The van der Waals surface area contributed by atoms with Gasteiger partial charge in [-0.25, -0.2) is 0 Å². The molecule has 0 bridgehead atoms. The average molecular weight is 442 g/mol. The van der Waals surface area contributed by atoms with Crippen molar-refractivity contribution in [2.45, 2.75) is 51.7 Å². The van der Waals surface area contributed by atoms with Gasteiger partial charge in [0.25, 0.3) is 0 Å². The van der Waals surface area contributed by atoms with Gasteiger partial charge < -0.3 is 20.1 Å². The largest absolute Gasteiger partial charge is 1.00 e. The number of nitrogens with zero attached hydrogens (tertiary/aromatic N) is 1. The number of pyridine rings is 1. The topological polar surface area (TPSA) is 93.5 Å². The summed E-state index contributed by atoms with van der Waals surface area (Å²) in [6.07, 6.45) is 0.678. The number of carboxylic acid groups (broad SMARTS) is 1. The molecule has 32 heavy (non-hydrogen) atoms. The summed E-state index contributed by atoms with van der Waals surface area (Å²) < 4.78 is 0. The normalized spacial score (nSPS) is 13.3. The van der Waals surface area contributed by atoms with Crippen molar-refractivity contribution in [3.05, 3.63) is 71.4 Å². The molecule has 1 heterocycles. The maximum atomic E-state index is 10.7. The van der Waals surface area contributed by atoms with Crippen LogP contribution in [0.3, 0.4) is 0 Å². The fraction of sp³-hybridized carbons (Fsp3) is 0.308. The van der Waals surface area contributed by atoms with E-state index in [4.69, 9.17) is 4.98 Å². The van der Waals surface area contributed by atoms with Crippen LogP contribution in [0.25, 0.3) is 28.1 Å². The number of hydrogen-bond donors (Lipinski definition) is 2. The first-order chi connectivity index (χ1) is 14.8. The van der Waals surface area contributed by atoms with Crippen LogP contribution >= 0.6 is 0 Å². The van der Waals surface area contributed by atoms with Crippen molar-refractivity contribution in [1.29, 1.82) is 0 Å². The van der Waals surface area contributed by atoms with Gasteiger partial charge in [0.15, 0.2) is 0 Å². The zero-order valence-electron chi connectivity index (χ0n) is 19.1. The number of aliphatic hydroxyl groups excluding tert-OH is 2. The van der Waals surface area contributed by atoms with Gasteiger partial charge >= 0.3 is 29.6 Å². The van der Waals surface area contributed by atoms with Crippen molar-refractivity contribution < 1.29 is 49.7 Å². The van der Waals surface area contributed by atoms with Gasteiger partial charge in [-0.05, 0) is 24.5 Å². The second-order valence-corrected chi connectivity index (χ2v) is 8.22. The molecule has 1 aromatic heterocycles. The van der Waals surface area contributed by atoms with Crippen LogP contribution in [0.4, 0.5) is 0 Å². The molecule has 0 fully saturated rings. The minimum atomic E-state index is -1.34. The molecule has 0 saturated carbocycles. The second-order valence-electron chi connectivity index (χ2n) is 8.22. The van der Waals surface area contributed by atoms with Crippen molar-refractivity contribution in [2.75, 3.05) is 0 Å². The van der Waals surface area contributed by atoms with Crippen molar-refractivity contribution >= 4 is 22.9 Å². The van der Waals surface area contributed by atoms with E-state index in [-0.39, 0.29) is 41.9 Å². The Balaban J connectivity index is 0.00000363. The van der Waals surface area contributed by atoms with Gasteiger partial charge in [0.1, 0.15) is 0 Å². The van der Waals surface area contributed by atoms with Crippen LogP contribution in [0.5, 0.6) is 0 Å². The molecule has 0 amide bonds. The Bertz CT molecular complexity index is 1090. The smallest absolute Gasteiger partial charge is 0.550 e. The number of carbonyl (C=O) groups is 1. The van der Waals surface area contributed by atoms with Crippen LogP contribution in [0, 0.1) is 6.92 Å². The standard InChI is InChI=1S/C26H29NO4.Na/c1-16(2)26-22(13-12-19(28)14-20(29)15-24(30)31)25(18-10-8-17(3)9-11-18)21-6-4-5-7-23(21)27-26;/h4-13,16,19-20,28-29H,14-15H2,1-3H3,(H,30,31);/q;+1/p-1. The molecule has 0 aliphatic carbocycles. The fourth-order valence-electron chi connectivity index (χ4n) is 3.73. The minimum Gasteiger partial charge on any atom is -0.550 e. The number of fused-ring (bicyclic) bond motifs is 1. The van der Waals surface area contributed by atoms with E-state index < -0.39 is 24.6 Å². The van der Waals surface area contributed by atoms with Gasteiger partial charge in [-0.3, -0.25) is 4.98 Å². The number of benzene rings is 2.